The maximum atomic E-state index is 13.2. The van der Waals surface area contributed by atoms with Crippen LogP contribution in [0.15, 0.2) is 54.7 Å². The second-order valence-electron chi connectivity index (χ2n) is 6.08. The Bertz CT molecular complexity index is 935. The SMILES string of the molecule is CN(Cc1cccc(F)c1)C(=O)COC(=O)Cc1c[nH]c2ccccc12. The number of halogens is 1. The third-order valence-corrected chi connectivity index (χ3v) is 4.10. The van der Waals surface area contributed by atoms with Gasteiger partial charge in [0.2, 0.25) is 0 Å². The summed E-state index contributed by atoms with van der Waals surface area (Å²) in [5.41, 5.74) is 2.44. The van der Waals surface area contributed by atoms with Crippen molar-refractivity contribution in [3.05, 3.63) is 71.7 Å². The standard InChI is InChI=1S/C20H19FN2O3/c1-23(12-14-5-4-6-16(21)9-14)19(24)13-26-20(25)10-15-11-22-18-8-3-2-7-17(15)18/h2-9,11,22H,10,12-13H2,1H3. The van der Waals surface area contributed by atoms with Gasteiger partial charge in [0.25, 0.3) is 5.91 Å². The number of para-hydroxylation sites is 1. The Morgan fingerprint density at radius 2 is 1.96 bits per heavy atom. The van der Waals surface area contributed by atoms with E-state index in [0.29, 0.717) is 5.56 Å². The van der Waals surface area contributed by atoms with Gasteiger partial charge < -0.3 is 14.6 Å². The highest BCUT2D eigenvalue weighted by molar-refractivity contribution is 5.88. The molecule has 1 N–H and O–H groups in total. The zero-order valence-electron chi connectivity index (χ0n) is 14.4. The Morgan fingerprint density at radius 3 is 2.77 bits per heavy atom. The molecule has 0 aliphatic rings. The number of carbonyl (C=O) groups excluding carboxylic acids is 2. The number of hydrogen-bond acceptors (Lipinski definition) is 3. The van der Waals surface area contributed by atoms with Crippen molar-refractivity contribution < 1.29 is 18.7 Å². The topological polar surface area (TPSA) is 62.4 Å². The Kier molecular flexibility index (Phi) is 5.31. The number of hydrogen-bond donors (Lipinski definition) is 1. The second kappa shape index (κ2) is 7.82. The third kappa shape index (κ3) is 4.27. The fourth-order valence-corrected chi connectivity index (χ4v) is 2.73. The lowest BCUT2D eigenvalue weighted by molar-refractivity contribution is -0.151. The number of nitrogens with one attached hydrogen (secondary N) is 1. The minimum atomic E-state index is -0.470. The number of amides is 1. The number of fused-ring (bicyclic) bond motifs is 1. The van der Waals surface area contributed by atoms with E-state index in [4.69, 9.17) is 4.74 Å². The number of likely N-dealkylation sites (N-methyl/N-ethyl adjacent to an activating group) is 1. The van der Waals surface area contributed by atoms with Crippen LogP contribution in [-0.2, 0) is 27.3 Å². The van der Waals surface area contributed by atoms with E-state index in [1.165, 1.54) is 17.0 Å². The summed E-state index contributed by atoms with van der Waals surface area (Å²) in [7, 11) is 1.58. The van der Waals surface area contributed by atoms with E-state index in [0.717, 1.165) is 16.5 Å². The van der Waals surface area contributed by atoms with E-state index in [2.05, 4.69) is 4.98 Å². The van der Waals surface area contributed by atoms with Crippen molar-refractivity contribution in [1.82, 2.24) is 9.88 Å². The second-order valence-corrected chi connectivity index (χ2v) is 6.08. The molecular formula is C20H19FN2O3. The monoisotopic (exact) mass is 354 g/mol. The highest BCUT2D eigenvalue weighted by atomic mass is 19.1. The molecule has 0 aliphatic carbocycles. The first-order valence-electron chi connectivity index (χ1n) is 8.22. The quantitative estimate of drug-likeness (QED) is 0.692. The van der Waals surface area contributed by atoms with Gasteiger partial charge in [-0.3, -0.25) is 9.59 Å². The van der Waals surface area contributed by atoms with Gasteiger partial charge in [-0.25, -0.2) is 4.39 Å². The predicted molar refractivity (Wildman–Crippen MR) is 95.8 cm³/mol. The molecule has 0 radical (unpaired) electrons. The van der Waals surface area contributed by atoms with Crippen LogP contribution in [0.3, 0.4) is 0 Å². The zero-order chi connectivity index (χ0) is 18.5. The number of benzene rings is 2. The van der Waals surface area contributed by atoms with E-state index in [-0.39, 0.29) is 31.3 Å². The van der Waals surface area contributed by atoms with Gasteiger partial charge in [0.15, 0.2) is 6.61 Å². The van der Waals surface area contributed by atoms with Crippen molar-refractivity contribution in [2.24, 2.45) is 0 Å². The predicted octanol–water partition coefficient (Wildman–Crippen LogP) is 3.05. The van der Waals surface area contributed by atoms with Gasteiger partial charge in [-0.2, -0.15) is 0 Å². The fourth-order valence-electron chi connectivity index (χ4n) is 2.73. The summed E-state index contributed by atoms with van der Waals surface area (Å²) in [6.45, 7) is -0.0937. The molecule has 0 unspecified atom stereocenters. The molecule has 0 saturated heterocycles. The van der Waals surface area contributed by atoms with Crippen LogP contribution in [0.4, 0.5) is 4.39 Å². The Balaban J connectivity index is 1.51. The van der Waals surface area contributed by atoms with Crippen LogP contribution in [0.2, 0.25) is 0 Å². The number of nitrogens with zero attached hydrogens (tertiary/aromatic N) is 1. The van der Waals surface area contributed by atoms with Gasteiger partial charge >= 0.3 is 5.97 Å². The average Bonchev–Trinajstić information content (AvgIpc) is 3.02. The first kappa shape index (κ1) is 17.7. The lowest BCUT2D eigenvalue weighted by Crippen LogP contribution is -2.31. The van der Waals surface area contributed by atoms with Crippen LogP contribution in [0, 0.1) is 5.82 Å². The summed E-state index contributed by atoms with van der Waals surface area (Å²) in [6.07, 6.45) is 1.86. The van der Waals surface area contributed by atoms with Crippen molar-refractivity contribution in [1.29, 1.82) is 0 Å². The molecule has 1 aromatic heterocycles. The molecular weight excluding hydrogens is 335 g/mol. The maximum absolute atomic E-state index is 13.2. The molecule has 0 spiro atoms. The summed E-state index contributed by atoms with van der Waals surface area (Å²) < 4.78 is 18.3. The van der Waals surface area contributed by atoms with Crippen molar-refractivity contribution in [3.63, 3.8) is 0 Å². The summed E-state index contributed by atoms with van der Waals surface area (Å²) in [5, 5.41) is 0.957. The number of ether oxygens (including phenoxy) is 1. The maximum Gasteiger partial charge on any atom is 0.310 e. The molecule has 0 fully saturated rings. The lowest BCUT2D eigenvalue weighted by Gasteiger charge is -2.17. The summed E-state index contributed by atoms with van der Waals surface area (Å²) >= 11 is 0. The van der Waals surface area contributed by atoms with Gasteiger partial charge in [-0.1, -0.05) is 30.3 Å². The molecule has 26 heavy (non-hydrogen) atoms. The molecule has 3 rings (SSSR count). The molecule has 0 bridgehead atoms. The van der Waals surface area contributed by atoms with Crippen molar-refractivity contribution in [2.75, 3.05) is 13.7 Å². The molecule has 0 aliphatic heterocycles. The fraction of sp³-hybridized carbons (Fsp3) is 0.200. The van der Waals surface area contributed by atoms with E-state index in [1.54, 1.807) is 25.4 Å². The minimum absolute atomic E-state index is 0.0882. The molecule has 0 atom stereocenters. The van der Waals surface area contributed by atoms with Gasteiger partial charge in [0.05, 0.1) is 6.42 Å². The van der Waals surface area contributed by atoms with Crippen LogP contribution in [-0.4, -0.2) is 35.4 Å². The van der Waals surface area contributed by atoms with Gasteiger partial charge in [0, 0.05) is 30.7 Å². The minimum Gasteiger partial charge on any atom is -0.455 e. The molecule has 0 saturated carbocycles. The lowest BCUT2D eigenvalue weighted by atomic mass is 10.1. The summed E-state index contributed by atoms with van der Waals surface area (Å²) in [5.74, 6) is -1.17. The molecule has 134 valence electrons. The molecule has 3 aromatic rings. The highest BCUT2D eigenvalue weighted by Crippen LogP contribution is 2.18. The van der Waals surface area contributed by atoms with Crippen LogP contribution in [0.1, 0.15) is 11.1 Å². The number of carbonyl (C=O) groups is 2. The molecule has 2 aromatic carbocycles. The van der Waals surface area contributed by atoms with Crippen molar-refractivity contribution >= 4 is 22.8 Å². The van der Waals surface area contributed by atoms with Crippen LogP contribution >= 0.6 is 0 Å². The Morgan fingerprint density at radius 1 is 1.15 bits per heavy atom. The summed E-state index contributed by atoms with van der Waals surface area (Å²) in [4.78, 5) is 28.6. The van der Waals surface area contributed by atoms with E-state index in [9.17, 15) is 14.0 Å². The zero-order valence-corrected chi connectivity index (χ0v) is 14.4. The highest BCUT2D eigenvalue weighted by Gasteiger charge is 2.14. The van der Waals surface area contributed by atoms with Gasteiger partial charge in [0.1, 0.15) is 5.82 Å². The number of H-pyrrole nitrogens is 1. The van der Waals surface area contributed by atoms with Crippen molar-refractivity contribution in [2.45, 2.75) is 13.0 Å². The first-order valence-corrected chi connectivity index (χ1v) is 8.22. The largest absolute Gasteiger partial charge is 0.455 e. The van der Waals surface area contributed by atoms with Gasteiger partial charge in [-0.05, 0) is 29.3 Å². The van der Waals surface area contributed by atoms with Crippen molar-refractivity contribution in [3.8, 4) is 0 Å². The first-order chi connectivity index (χ1) is 12.5. The number of rotatable bonds is 6. The molecule has 5 nitrogen and oxygen atoms in total. The van der Waals surface area contributed by atoms with E-state index >= 15 is 0 Å². The Labute approximate surface area is 150 Å². The van der Waals surface area contributed by atoms with Crippen LogP contribution in [0.25, 0.3) is 10.9 Å². The van der Waals surface area contributed by atoms with Crippen LogP contribution < -0.4 is 0 Å². The molecule has 6 heteroatoms. The summed E-state index contributed by atoms with van der Waals surface area (Å²) in [6, 6.07) is 13.7. The smallest absolute Gasteiger partial charge is 0.310 e. The normalized spacial score (nSPS) is 10.7. The number of esters is 1. The number of aromatic amines is 1. The van der Waals surface area contributed by atoms with E-state index in [1.807, 2.05) is 24.3 Å². The van der Waals surface area contributed by atoms with Crippen LogP contribution in [0.5, 0.6) is 0 Å². The van der Waals surface area contributed by atoms with Gasteiger partial charge in [-0.15, -0.1) is 0 Å². The molecule has 1 heterocycles. The average molecular weight is 354 g/mol. The molecule has 1 amide bonds. The number of aromatic nitrogens is 1. The Hall–Kier alpha value is -3.15. The third-order valence-electron chi connectivity index (χ3n) is 4.10. The van der Waals surface area contributed by atoms with E-state index < -0.39 is 5.97 Å².